The highest BCUT2D eigenvalue weighted by Gasteiger charge is 2.30. The number of anilines is 1. The molecule has 1 aromatic carbocycles. The molecule has 0 bridgehead atoms. The van der Waals surface area contributed by atoms with E-state index in [1.54, 1.807) is 0 Å². The van der Waals surface area contributed by atoms with Crippen molar-refractivity contribution in [3.63, 3.8) is 0 Å². The standard InChI is InChI=1S/C17H25N3O.2ClH/c1-14-13-15-5-3-4-6-16(15)20(14)17(21)7-8-19-11-9-18(2)10-12-19;;/h3-6,14H,7-13H2,1-2H3;2*1H. The summed E-state index contributed by atoms with van der Waals surface area (Å²) in [5.74, 6) is 0.270. The van der Waals surface area contributed by atoms with Gasteiger partial charge >= 0.3 is 0 Å². The van der Waals surface area contributed by atoms with Gasteiger partial charge in [0.2, 0.25) is 5.91 Å². The summed E-state index contributed by atoms with van der Waals surface area (Å²) in [6, 6.07) is 8.59. The van der Waals surface area contributed by atoms with Gasteiger partial charge in [0.15, 0.2) is 0 Å². The second-order valence-electron chi connectivity index (χ2n) is 6.34. The van der Waals surface area contributed by atoms with E-state index in [0.717, 1.165) is 44.8 Å². The average Bonchev–Trinajstić information content (AvgIpc) is 2.82. The van der Waals surface area contributed by atoms with Gasteiger partial charge in [-0.05, 0) is 32.0 Å². The minimum atomic E-state index is 0. The molecule has 130 valence electrons. The van der Waals surface area contributed by atoms with Crippen molar-refractivity contribution in [2.75, 3.05) is 44.7 Å². The van der Waals surface area contributed by atoms with Crippen LogP contribution in [0.25, 0.3) is 0 Å². The fourth-order valence-corrected chi connectivity index (χ4v) is 3.39. The normalized spacial score (nSPS) is 21.3. The van der Waals surface area contributed by atoms with Crippen LogP contribution >= 0.6 is 24.8 Å². The molecule has 2 aliphatic heterocycles. The van der Waals surface area contributed by atoms with Gasteiger partial charge in [-0.3, -0.25) is 4.79 Å². The van der Waals surface area contributed by atoms with Crippen LogP contribution < -0.4 is 4.90 Å². The highest BCUT2D eigenvalue weighted by Crippen LogP contribution is 2.32. The van der Waals surface area contributed by atoms with Crippen LogP contribution in [-0.4, -0.2) is 61.5 Å². The van der Waals surface area contributed by atoms with E-state index >= 15 is 0 Å². The number of rotatable bonds is 3. The molecular weight excluding hydrogens is 333 g/mol. The minimum Gasteiger partial charge on any atom is -0.309 e. The Morgan fingerprint density at radius 1 is 1.13 bits per heavy atom. The maximum atomic E-state index is 12.6. The predicted molar refractivity (Wildman–Crippen MR) is 100 cm³/mol. The molecule has 1 atom stereocenters. The van der Waals surface area contributed by atoms with Crippen molar-refractivity contribution in [1.82, 2.24) is 9.80 Å². The number of halogens is 2. The van der Waals surface area contributed by atoms with Gasteiger partial charge in [0.25, 0.3) is 0 Å². The van der Waals surface area contributed by atoms with Crippen LogP contribution in [0.1, 0.15) is 18.9 Å². The number of piperazine rings is 1. The number of hydrogen-bond acceptors (Lipinski definition) is 3. The second kappa shape index (κ2) is 8.88. The van der Waals surface area contributed by atoms with Crippen molar-refractivity contribution in [3.8, 4) is 0 Å². The number of hydrogen-bond donors (Lipinski definition) is 0. The van der Waals surface area contributed by atoms with E-state index < -0.39 is 0 Å². The lowest BCUT2D eigenvalue weighted by molar-refractivity contribution is -0.119. The van der Waals surface area contributed by atoms with E-state index in [-0.39, 0.29) is 30.7 Å². The van der Waals surface area contributed by atoms with Crippen molar-refractivity contribution < 1.29 is 4.79 Å². The zero-order chi connectivity index (χ0) is 14.8. The smallest absolute Gasteiger partial charge is 0.228 e. The summed E-state index contributed by atoms with van der Waals surface area (Å²) < 4.78 is 0. The van der Waals surface area contributed by atoms with Crippen LogP contribution in [0.15, 0.2) is 24.3 Å². The Morgan fingerprint density at radius 2 is 1.78 bits per heavy atom. The topological polar surface area (TPSA) is 26.8 Å². The van der Waals surface area contributed by atoms with Gasteiger partial charge in [-0.25, -0.2) is 0 Å². The van der Waals surface area contributed by atoms with E-state index in [0.29, 0.717) is 12.5 Å². The van der Waals surface area contributed by atoms with Crippen LogP contribution in [0.5, 0.6) is 0 Å². The Hall–Kier alpha value is -0.810. The van der Waals surface area contributed by atoms with Gasteiger partial charge in [-0.1, -0.05) is 18.2 Å². The Bertz CT molecular complexity index is 518. The zero-order valence-electron chi connectivity index (χ0n) is 13.9. The second-order valence-corrected chi connectivity index (χ2v) is 6.34. The summed E-state index contributed by atoms with van der Waals surface area (Å²) in [7, 11) is 2.16. The third-order valence-corrected chi connectivity index (χ3v) is 4.71. The molecule has 2 aliphatic rings. The summed E-state index contributed by atoms with van der Waals surface area (Å²) in [6.07, 6.45) is 1.61. The van der Waals surface area contributed by atoms with Crippen LogP contribution in [-0.2, 0) is 11.2 Å². The van der Waals surface area contributed by atoms with Gasteiger partial charge in [-0.2, -0.15) is 0 Å². The number of carbonyl (C=O) groups excluding carboxylic acids is 1. The van der Waals surface area contributed by atoms with Gasteiger partial charge in [-0.15, -0.1) is 24.8 Å². The molecule has 3 rings (SSSR count). The molecule has 1 saturated heterocycles. The Morgan fingerprint density at radius 3 is 2.48 bits per heavy atom. The van der Waals surface area contributed by atoms with E-state index in [1.165, 1.54) is 5.56 Å². The molecule has 23 heavy (non-hydrogen) atoms. The highest BCUT2D eigenvalue weighted by molar-refractivity contribution is 5.96. The average molecular weight is 360 g/mol. The Kier molecular flexibility index (Phi) is 7.81. The van der Waals surface area contributed by atoms with Crippen molar-refractivity contribution in [1.29, 1.82) is 0 Å². The third-order valence-electron chi connectivity index (χ3n) is 4.71. The molecule has 0 N–H and O–H groups in total. The summed E-state index contributed by atoms with van der Waals surface area (Å²) in [5.41, 5.74) is 2.42. The highest BCUT2D eigenvalue weighted by atomic mass is 35.5. The first-order valence-electron chi connectivity index (χ1n) is 7.96. The molecule has 0 aromatic heterocycles. The van der Waals surface area contributed by atoms with Crippen molar-refractivity contribution in [2.24, 2.45) is 0 Å². The van der Waals surface area contributed by atoms with E-state index in [2.05, 4.69) is 42.0 Å². The summed E-state index contributed by atoms with van der Waals surface area (Å²) in [4.78, 5) is 19.4. The molecule has 0 spiro atoms. The fraction of sp³-hybridized carbons (Fsp3) is 0.588. The number of nitrogens with zero attached hydrogens (tertiary/aromatic N) is 3. The number of benzene rings is 1. The van der Waals surface area contributed by atoms with Gasteiger partial charge in [0, 0.05) is 50.9 Å². The first-order chi connectivity index (χ1) is 10.1. The summed E-state index contributed by atoms with van der Waals surface area (Å²) >= 11 is 0. The molecule has 1 aromatic rings. The molecule has 0 radical (unpaired) electrons. The maximum absolute atomic E-state index is 12.6. The molecule has 0 saturated carbocycles. The fourth-order valence-electron chi connectivity index (χ4n) is 3.39. The minimum absolute atomic E-state index is 0. The van der Waals surface area contributed by atoms with Gasteiger partial charge in [0.1, 0.15) is 0 Å². The number of likely N-dealkylation sites (N-methyl/N-ethyl adjacent to an activating group) is 1. The number of carbonyl (C=O) groups is 1. The van der Waals surface area contributed by atoms with Crippen LogP contribution in [0.3, 0.4) is 0 Å². The Labute approximate surface area is 151 Å². The van der Waals surface area contributed by atoms with Gasteiger partial charge < -0.3 is 14.7 Å². The summed E-state index contributed by atoms with van der Waals surface area (Å²) in [5, 5.41) is 0. The first-order valence-corrected chi connectivity index (χ1v) is 7.96. The Balaban J connectivity index is 0.00000132. The van der Waals surface area contributed by atoms with Crippen molar-refractivity contribution in [2.45, 2.75) is 25.8 Å². The largest absolute Gasteiger partial charge is 0.309 e. The summed E-state index contributed by atoms with van der Waals surface area (Å²) in [6.45, 7) is 7.41. The molecule has 1 fully saturated rings. The van der Waals surface area contributed by atoms with Crippen molar-refractivity contribution >= 4 is 36.4 Å². The quantitative estimate of drug-likeness (QED) is 0.829. The lowest BCUT2D eigenvalue weighted by Crippen LogP contribution is -2.46. The van der Waals surface area contributed by atoms with E-state index in [9.17, 15) is 4.79 Å². The molecule has 2 heterocycles. The molecule has 4 nitrogen and oxygen atoms in total. The lowest BCUT2D eigenvalue weighted by atomic mass is 10.1. The number of para-hydroxylation sites is 1. The molecule has 1 amide bonds. The van der Waals surface area contributed by atoms with Crippen molar-refractivity contribution in [3.05, 3.63) is 29.8 Å². The SMILES string of the molecule is CC1Cc2ccccc2N1C(=O)CCN1CCN(C)CC1.Cl.Cl. The maximum Gasteiger partial charge on any atom is 0.228 e. The predicted octanol–water partition coefficient (Wildman–Crippen LogP) is 2.45. The van der Waals surface area contributed by atoms with E-state index in [1.807, 2.05) is 11.0 Å². The van der Waals surface area contributed by atoms with Crippen LogP contribution in [0.2, 0.25) is 0 Å². The van der Waals surface area contributed by atoms with E-state index in [4.69, 9.17) is 0 Å². The molecule has 0 aliphatic carbocycles. The molecule has 6 heteroatoms. The molecular formula is C17H27Cl2N3O. The monoisotopic (exact) mass is 359 g/mol. The molecule has 1 unspecified atom stereocenters. The van der Waals surface area contributed by atoms with Crippen LogP contribution in [0.4, 0.5) is 5.69 Å². The lowest BCUT2D eigenvalue weighted by Gasteiger charge is -2.32. The van der Waals surface area contributed by atoms with Crippen LogP contribution in [0, 0.1) is 0 Å². The van der Waals surface area contributed by atoms with Gasteiger partial charge in [0.05, 0.1) is 0 Å². The third kappa shape index (κ3) is 4.60. The zero-order valence-corrected chi connectivity index (χ0v) is 15.5. The number of amides is 1. The number of fused-ring (bicyclic) bond motifs is 1. The first kappa shape index (κ1) is 20.2.